The van der Waals surface area contributed by atoms with Crippen molar-refractivity contribution < 1.29 is 4.42 Å². The molecule has 0 radical (unpaired) electrons. The van der Waals surface area contributed by atoms with Crippen LogP contribution in [-0.2, 0) is 0 Å². The van der Waals surface area contributed by atoms with Crippen LogP contribution >= 0.6 is 0 Å². The van der Waals surface area contributed by atoms with Crippen LogP contribution < -0.4 is 0 Å². The van der Waals surface area contributed by atoms with Crippen LogP contribution in [0.5, 0.6) is 0 Å². The fourth-order valence-electron chi connectivity index (χ4n) is 7.28. The second-order valence-corrected chi connectivity index (χ2v) is 12.6. The van der Waals surface area contributed by atoms with E-state index in [1.54, 1.807) is 0 Å². The summed E-state index contributed by atoms with van der Waals surface area (Å²) in [5, 5.41) is 4.46. The van der Waals surface area contributed by atoms with Crippen molar-refractivity contribution >= 4 is 43.7 Å². The monoisotopic (exact) mass is 639 g/mol. The average Bonchev–Trinajstić information content (AvgIpc) is 3.74. The molecular formula is C46H29N3O. The van der Waals surface area contributed by atoms with Gasteiger partial charge in [0.25, 0.3) is 0 Å². The number of rotatable bonds is 5. The Morgan fingerprint density at radius 1 is 0.400 bits per heavy atom. The summed E-state index contributed by atoms with van der Waals surface area (Å²) in [6.07, 6.45) is 0. The van der Waals surface area contributed by atoms with E-state index < -0.39 is 0 Å². The van der Waals surface area contributed by atoms with Crippen LogP contribution in [0.15, 0.2) is 180 Å². The molecule has 0 aliphatic carbocycles. The van der Waals surface area contributed by atoms with Crippen molar-refractivity contribution in [3.8, 4) is 50.7 Å². The highest BCUT2D eigenvalue weighted by atomic mass is 16.3. The van der Waals surface area contributed by atoms with E-state index >= 15 is 0 Å². The molecule has 0 fully saturated rings. The highest BCUT2D eigenvalue weighted by molar-refractivity contribution is 6.16. The predicted molar refractivity (Wildman–Crippen MR) is 205 cm³/mol. The summed E-state index contributed by atoms with van der Waals surface area (Å²) in [7, 11) is 0. The van der Waals surface area contributed by atoms with Gasteiger partial charge in [0.2, 0.25) is 0 Å². The molecule has 0 aliphatic rings. The first-order valence-corrected chi connectivity index (χ1v) is 16.8. The summed E-state index contributed by atoms with van der Waals surface area (Å²) in [4.78, 5) is 10.5. The maximum absolute atomic E-state index is 6.21. The lowest BCUT2D eigenvalue weighted by Gasteiger charge is -2.11. The topological polar surface area (TPSA) is 43.9 Å². The lowest BCUT2D eigenvalue weighted by atomic mass is 10.00. The number of fused-ring (bicyclic) bond motifs is 6. The zero-order valence-electron chi connectivity index (χ0n) is 27.0. The van der Waals surface area contributed by atoms with E-state index in [1.165, 1.54) is 5.56 Å². The average molecular weight is 640 g/mol. The van der Waals surface area contributed by atoms with Crippen LogP contribution in [0.3, 0.4) is 0 Å². The second kappa shape index (κ2) is 11.4. The molecule has 0 amide bonds. The Hall–Kier alpha value is -6.78. The van der Waals surface area contributed by atoms with Crippen molar-refractivity contribution in [1.29, 1.82) is 0 Å². The van der Waals surface area contributed by atoms with Crippen LogP contribution in [0.25, 0.3) is 94.5 Å². The molecule has 0 atom stereocenters. The molecule has 0 aliphatic heterocycles. The molecule has 0 saturated heterocycles. The minimum Gasteiger partial charge on any atom is -0.456 e. The third-order valence-corrected chi connectivity index (χ3v) is 9.62. The van der Waals surface area contributed by atoms with Gasteiger partial charge in [-0.25, -0.2) is 9.97 Å². The number of hydrogen-bond donors (Lipinski definition) is 0. The fourth-order valence-corrected chi connectivity index (χ4v) is 7.28. The Bertz CT molecular complexity index is 2800. The van der Waals surface area contributed by atoms with E-state index in [4.69, 9.17) is 14.4 Å². The Labute approximate surface area is 288 Å². The van der Waals surface area contributed by atoms with Gasteiger partial charge in [-0.15, -0.1) is 0 Å². The zero-order valence-corrected chi connectivity index (χ0v) is 27.0. The molecule has 0 saturated carbocycles. The highest BCUT2D eigenvalue weighted by Crippen LogP contribution is 2.41. The van der Waals surface area contributed by atoms with Crippen LogP contribution in [-0.4, -0.2) is 14.5 Å². The minimum atomic E-state index is 0.691. The largest absolute Gasteiger partial charge is 0.456 e. The van der Waals surface area contributed by atoms with Crippen LogP contribution in [0.2, 0.25) is 0 Å². The standard InChI is InChI=1S/C46H29N3O/c1-4-13-30(14-5-1)33-23-25-41-38(27-33)45-36(46-47-39(31-15-6-2-7-16-31)29-40(48-46)32-17-8-3-9-18-32)20-12-21-42(45)49(41)34-24-26-44-37(28-34)35-19-10-11-22-43(35)50-44/h1-29H. The quantitative estimate of drug-likeness (QED) is 0.188. The smallest absolute Gasteiger partial charge is 0.161 e. The van der Waals surface area contributed by atoms with Crippen molar-refractivity contribution in [2.45, 2.75) is 0 Å². The van der Waals surface area contributed by atoms with Crippen molar-refractivity contribution in [3.63, 3.8) is 0 Å². The number of benzene rings is 7. The summed E-state index contributed by atoms with van der Waals surface area (Å²) in [5.74, 6) is 0.691. The molecule has 4 heteroatoms. The van der Waals surface area contributed by atoms with E-state index in [0.717, 1.165) is 83.1 Å². The molecule has 10 aromatic rings. The van der Waals surface area contributed by atoms with Crippen LogP contribution in [0, 0.1) is 0 Å². The highest BCUT2D eigenvalue weighted by Gasteiger charge is 2.20. The summed E-state index contributed by atoms with van der Waals surface area (Å²) < 4.78 is 8.58. The van der Waals surface area contributed by atoms with Gasteiger partial charge in [-0.1, -0.05) is 127 Å². The van der Waals surface area contributed by atoms with Crippen molar-refractivity contribution in [2.24, 2.45) is 0 Å². The lowest BCUT2D eigenvalue weighted by Crippen LogP contribution is -1.97. The Morgan fingerprint density at radius 3 is 1.76 bits per heavy atom. The van der Waals surface area contributed by atoms with Gasteiger partial charge in [0.15, 0.2) is 5.82 Å². The molecular weight excluding hydrogens is 611 g/mol. The third-order valence-electron chi connectivity index (χ3n) is 9.62. The van der Waals surface area contributed by atoms with Gasteiger partial charge >= 0.3 is 0 Å². The fraction of sp³-hybridized carbons (Fsp3) is 0. The molecule has 3 heterocycles. The maximum atomic E-state index is 6.21. The Balaban J connectivity index is 1.28. The van der Waals surface area contributed by atoms with Gasteiger partial charge in [0.05, 0.1) is 22.4 Å². The molecule has 0 spiro atoms. The van der Waals surface area contributed by atoms with Gasteiger partial charge in [0.1, 0.15) is 11.2 Å². The molecule has 10 rings (SSSR count). The number of aromatic nitrogens is 3. The van der Waals surface area contributed by atoms with E-state index in [-0.39, 0.29) is 0 Å². The summed E-state index contributed by atoms with van der Waals surface area (Å²) in [5.41, 5.74) is 12.2. The number of hydrogen-bond acceptors (Lipinski definition) is 3. The first kappa shape index (κ1) is 28.3. The maximum Gasteiger partial charge on any atom is 0.161 e. The SMILES string of the molecule is c1ccc(-c2ccc3c(c2)c2c(-c4nc(-c5ccccc5)cc(-c5ccccc5)n4)cccc2n3-c2ccc3oc4ccccc4c3c2)cc1. The summed E-state index contributed by atoms with van der Waals surface area (Å²) >= 11 is 0. The normalized spacial score (nSPS) is 11.6. The second-order valence-electron chi connectivity index (χ2n) is 12.6. The van der Waals surface area contributed by atoms with Crippen LogP contribution in [0.4, 0.5) is 0 Å². The van der Waals surface area contributed by atoms with E-state index in [1.807, 2.05) is 24.3 Å². The van der Waals surface area contributed by atoms with E-state index in [9.17, 15) is 0 Å². The molecule has 0 N–H and O–H groups in total. The lowest BCUT2D eigenvalue weighted by molar-refractivity contribution is 0.669. The molecule has 234 valence electrons. The molecule has 3 aromatic heterocycles. The number of furan rings is 1. The van der Waals surface area contributed by atoms with Gasteiger partial charge in [0, 0.05) is 43.9 Å². The van der Waals surface area contributed by atoms with Gasteiger partial charge in [-0.05, 0) is 59.7 Å². The zero-order chi connectivity index (χ0) is 33.0. The van der Waals surface area contributed by atoms with Gasteiger partial charge in [-0.3, -0.25) is 0 Å². The Kier molecular flexibility index (Phi) is 6.46. The number of nitrogens with zero attached hydrogens (tertiary/aromatic N) is 3. The molecule has 7 aromatic carbocycles. The molecule has 50 heavy (non-hydrogen) atoms. The van der Waals surface area contributed by atoms with Gasteiger partial charge < -0.3 is 8.98 Å². The summed E-state index contributed by atoms with van der Waals surface area (Å²) in [6, 6.07) is 61.4. The Morgan fingerprint density at radius 2 is 1.04 bits per heavy atom. The molecule has 4 nitrogen and oxygen atoms in total. The first-order valence-electron chi connectivity index (χ1n) is 16.8. The molecule has 0 unspecified atom stereocenters. The van der Waals surface area contributed by atoms with E-state index in [2.05, 4.69) is 156 Å². The van der Waals surface area contributed by atoms with E-state index in [0.29, 0.717) is 5.82 Å². The van der Waals surface area contributed by atoms with Crippen molar-refractivity contribution in [2.75, 3.05) is 0 Å². The van der Waals surface area contributed by atoms with Crippen LogP contribution in [0.1, 0.15) is 0 Å². The third kappa shape index (κ3) is 4.61. The molecule has 0 bridgehead atoms. The predicted octanol–water partition coefficient (Wildman–Crippen LogP) is 12.1. The van der Waals surface area contributed by atoms with Gasteiger partial charge in [-0.2, -0.15) is 0 Å². The van der Waals surface area contributed by atoms with Crippen molar-refractivity contribution in [3.05, 3.63) is 176 Å². The minimum absolute atomic E-state index is 0.691. The summed E-state index contributed by atoms with van der Waals surface area (Å²) in [6.45, 7) is 0. The number of para-hydroxylation sites is 1. The van der Waals surface area contributed by atoms with Crippen molar-refractivity contribution in [1.82, 2.24) is 14.5 Å². The first-order chi connectivity index (χ1) is 24.8.